The molecule has 1 fully saturated rings. The van der Waals surface area contributed by atoms with Gasteiger partial charge in [-0.25, -0.2) is 4.98 Å². The number of rotatable bonds is 3. The summed E-state index contributed by atoms with van der Waals surface area (Å²) in [7, 11) is 3.73. The van der Waals surface area contributed by atoms with Crippen LogP contribution < -0.4 is 16.0 Å². The number of thiazole rings is 1. The molecule has 1 atom stereocenters. The molecular weight excluding hydrogens is 240 g/mol. The van der Waals surface area contributed by atoms with E-state index < -0.39 is 0 Å². The fraction of sp³-hybridized carbons (Fsp3) is 0.600. The van der Waals surface area contributed by atoms with Crippen LogP contribution in [0.1, 0.15) is 16.1 Å². The van der Waals surface area contributed by atoms with Crippen LogP contribution in [0.15, 0.2) is 0 Å². The zero-order valence-electron chi connectivity index (χ0n) is 9.90. The molecule has 6 nitrogen and oxygen atoms in total. The van der Waals surface area contributed by atoms with Crippen molar-refractivity contribution in [3.05, 3.63) is 4.88 Å². The smallest absolute Gasteiger partial charge is 0.265 e. The molecule has 1 unspecified atom stereocenters. The highest BCUT2D eigenvalue weighted by atomic mass is 32.1. The van der Waals surface area contributed by atoms with Crippen molar-refractivity contribution in [3.63, 3.8) is 0 Å². The van der Waals surface area contributed by atoms with E-state index in [4.69, 9.17) is 10.5 Å². The molecule has 2 rings (SSSR count). The number of nitrogens with two attached hydrogens (primary N) is 1. The minimum atomic E-state index is -0.163. The first-order valence-corrected chi connectivity index (χ1v) is 6.22. The normalized spacial score (nSPS) is 19.3. The first kappa shape index (κ1) is 12.1. The number of nitrogen functional groups attached to an aromatic ring is 1. The number of hydrogen-bond acceptors (Lipinski definition) is 6. The van der Waals surface area contributed by atoms with E-state index in [1.54, 1.807) is 0 Å². The Morgan fingerprint density at radius 3 is 2.94 bits per heavy atom. The molecule has 2 heterocycles. The van der Waals surface area contributed by atoms with Crippen LogP contribution in [-0.2, 0) is 4.74 Å². The summed E-state index contributed by atoms with van der Waals surface area (Å²) in [5, 5.41) is 3.63. The summed E-state index contributed by atoms with van der Waals surface area (Å²) in [6.07, 6.45) is 0.852. The van der Waals surface area contributed by atoms with E-state index in [1.807, 2.05) is 19.0 Å². The summed E-state index contributed by atoms with van der Waals surface area (Å²) in [4.78, 5) is 18.4. The fourth-order valence-corrected chi connectivity index (χ4v) is 2.38. The highest BCUT2D eigenvalue weighted by Crippen LogP contribution is 2.26. The van der Waals surface area contributed by atoms with Gasteiger partial charge in [0.25, 0.3) is 5.91 Å². The Kier molecular flexibility index (Phi) is 3.49. The van der Waals surface area contributed by atoms with Crippen molar-refractivity contribution in [3.8, 4) is 0 Å². The van der Waals surface area contributed by atoms with Gasteiger partial charge in [-0.2, -0.15) is 0 Å². The molecule has 0 saturated carbocycles. The largest absolute Gasteiger partial charge is 0.382 e. The lowest BCUT2D eigenvalue weighted by Crippen LogP contribution is -2.34. The van der Waals surface area contributed by atoms with Crippen LogP contribution in [0.5, 0.6) is 0 Å². The van der Waals surface area contributed by atoms with Gasteiger partial charge >= 0.3 is 0 Å². The molecule has 1 aliphatic rings. The third kappa shape index (κ3) is 2.67. The summed E-state index contributed by atoms with van der Waals surface area (Å²) >= 11 is 1.30. The van der Waals surface area contributed by atoms with Gasteiger partial charge in [-0.05, 0) is 6.42 Å². The predicted octanol–water partition coefficient (Wildman–Crippen LogP) is 0.310. The lowest BCUT2D eigenvalue weighted by molar-refractivity contribution is 0.0934. The zero-order chi connectivity index (χ0) is 12.4. The Bertz CT molecular complexity index is 412. The van der Waals surface area contributed by atoms with E-state index >= 15 is 0 Å². The molecule has 7 heteroatoms. The van der Waals surface area contributed by atoms with Crippen molar-refractivity contribution in [2.75, 3.05) is 37.9 Å². The Hall–Kier alpha value is -1.34. The maximum Gasteiger partial charge on any atom is 0.265 e. The minimum Gasteiger partial charge on any atom is -0.382 e. The van der Waals surface area contributed by atoms with Crippen LogP contribution in [0.3, 0.4) is 0 Å². The van der Waals surface area contributed by atoms with Gasteiger partial charge in [0.05, 0.1) is 12.6 Å². The van der Waals surface area contributed by atoms with Crippen LogP contribution in [0.25, 0.3) is 0 Å². The summed E-state index contributed by atoms with van der Waals surface area (Å²) < 4.78 is 5.20. The summed E-state index contributed by atoms with van der Waals surface area (Å²) in [6, 6.07) is 0.0896. The number of nitrogens with zero attached hydrogens (tertiary/aromatic N) is 2. The number of aromatic nitrogens is 1. The first-order chi connectivity index (χ1) is 8.08. The van der Waals surface area contributed by atoms with E-state index in [2.05, 4.69) is 10.3 Å². The molecule has 0 aliphatic carbocycles. The standard InChI is InChI=1S/C10H16N4O2S/c1-14(2)10-13-8(11)7(17-10)9(15)12-6-3-4-16-5-6/h6H,3-5,11H2,1-2H3,(H,12,15). The molecule has 94 valence electrons. The van der Waals surface area contributed by atoms with Gasteiger partial charge in [0.2, 0.25) is 0 Å². The molecule has 0 radical (unpaired) electrons. The summed E-state index contributed by atoms with van der Waals surface area (Å²) in [5.74, 6) is 0.124. The third-order valence-electron chi connectivity index (χ3n) is 2.50. The SMILES string of the molecule is CN(C)c1nc(N)c(C(=O)NC2CCOC2)s1. The number of anilines is 2. The van der Waals surface area contributed by atoms with Crippen molar-refractivity contribution in [1.82, 2.24) is 10.3 Å². The van der Waals surface area contributed by atoms with Gasteiger partial charge in [-0.15, -0.1) is 0 Å². The van der Waals surface area contributed by atoms with E-state index in [9.17, 15) is 4.79 Å². The van der Waals surface area contributed by atoms with Crippen LogP contribution in [0.2, 0.25) is 0 Å². The van der Waals surface area contributed by atoms with Gasteiger partial charge in [0, 0.05) is 20.7 Å². The molecule has 0 aromatic carbocycles. The third-order valence-corrected chi connectivity index (χ3v) is 3.73. The monoisotopic (exact) mass is 256 g/mol. The Morgan fingerprint density at radius 1 is 1.65 bits per heavy atom. The van der Waals surface area contributed by atoms with Crippen LogP contribution in [0.4, 0.5) is 10.9 Å². The number of carbonyl (C=O) groups excluding carboxylic acids is 1. The maximum atomic E-state index is 12.0. The minimum absolute atomic E-state index is 0.0896. The zero-order valence-corrected chi connectivity index (χ0v) is 10.7. The van der Waals surface area contributed by atoms with Crippen LogP contribution >= 0.6 is 11.3 Å². The number of hydrogen-bond donors (Lipinski definition) is 2. The highest BCUT2D eigenvalue weighted by Gasteiger charge is 2.22. The van der Waals surface area contributed by atoms with Crippen molar-refractivity contribution in [2.45, 2.75) is 12.5 Å². The van der Waals surface area contributed by atoms with Gasteiger partial charge in [-0.1, -0.05) is 11.3 Å². The topological polar surface area (TPSA) is 80.5 Å². The van der Waals surface area contributed by atoms with Gasteiger partial charge in [-0.3, -0.25) is 4.79 Å². The highest BCUT2D eigenvalue weighted by molar-refractivity contribution is 7.18. The van der Waals surface area contributed by atoms with E-state index in [-0.39, 0.29) is 17.8 Å². The maximum absolute atomic E-state index is 12.0. The molecule has 3 N–H and O–H groups in total. The number of carbonyl (C=O) groups is 1. The van der Waals surface area contributed by atoms with Gasteiger partial charge in [0.15, 0.2) is 5.13 Å². The number of nitrogens with one attached hydrogen (secondary N) is 1. The lowest BCUT2D eigenvalue weighted by Gasteiger charge is -2.09. The van der Waals surface area contributed by atoms with E-state index in [1.165, 1.54) is 11.3 Å². The van der Waals surface area contributed by atoms with E-state index in [0.717, 1.165) is 11.6 Å². The molecule has 0 bridgehead atoms. The fourth-order valence-electron chi connectivity index (χ4n) is 1.57. The number of ether oxygens (including phenoxy) is 1. The second-order valence-electron chi connectivity index (χ2n) is 4.14. The molecule has 1 saturated heterocycles. The molecule has 1 aromatic rings. The molecule has 1 aromatic heterocycles. The van der Waals surface area contributed by atoms with Crippen LogP contribution in [-0.4, -0.2) is 44.2 Å². The van der Waals surface area contributed by atoms with E-state index in [0.29, 0.717) is 18.1 Å². The Labute approximate surface area is 104 Å². The molecule has 0 spiro atoms. The first-order valence-electron chi connectivity index (χ1n) is 5.40. The Balaban J connectivity index is 2.07. The Morgan fingerprint density at radius 2 is 2.41 bits per heavy atom. The van der Waals surface area contributed by atoms with Crippen molar-refractivity contribution >= 4 is 28.2 Å². The van der Waals surface area contributed by atoms with Gasteiger partial charge in [0.1, 0.15) is 10.7 Å². The predicted molar refractivity (Wildman–Crippen MR) is 67.5 cm³/mol. The molecule has 17 heavy (non-hydrogen) atoms. The average molecular weight is 256 g/mol. The summed E-state index contributed by atoms with van der Waals surface area (Å²) in [6.45, 7) is 1.27. The molecular formula is C10H16N4O2S. The van der Waals surface area contributed by atoms with Crippen molar-refractivity contribution in [1.29, 1.82) is 0 Å². The lowest BCUT2D eigenvalue weighted by atomic mass is 10.2. The van der Waals surface area contributed by atoms with Gasteiger partial charge < -0.3 is 20.7 Å². The number of amides is 1. The molecule has 1 amide bonds. The molecule has 1 aliphatic heterocycles. The van der Waals surface area contributed by atoms with Crippen molar-refractivity contribution < 1.29 is 9.53 Å². The average Bonchev–Trinajstić information content (AvgIpc) is 2.86. The van der Waals surface area contributed by atoms with Crippen LogP contribution in [0, 0.1) is 0 Å². The summed E-state index contributed by atoms with van der Waals surface area (Å²) in [5.41, 5.74) is 5.73. The second-order valence-corrected chi connectivity index (χ2v) is 5.12. The quantitative estimate of drug-likeness (QED) is 0.813. The second kappa shape index (κ2) is 4.89. The van der Waals surface area contributed by atoms with Crippen molar-refractivity contribution in [2.24, 2.45) is 0 Å².